The highest BCUT2D eigenvalue weighted by Crippen LogP contribution is 2.08. The molecule has 4 atom stereocenters. The number of hydrogen-bond acceptors (Lipinski definition) is 4. The summed E-state index contributed by atoms with van der Waals surface area (Å²) in [7, 11) is 0. The Morgan fingerprint density at radius 1 is 0.895 bits per heavy atom. The highest BCUT2D eigenvalue weighted by molar-refractivity contribution is 4.68. The average Bonchev–Trinajstić information content (AvgIpc) is 2.23. The van der Waals surface area contributed by atoms with Crippen molar-refractivity contribution in [1.29, 1.82) is 0 Å². The molecule has 4 heteroatoms. The fourth-order valence-electron chi connectivity index (χ4n) is 2.33. The van der Waals surface area contributed by atoms with Crippen molar-refractivity contribution in [2.75, 3.05) is 19.6 Å². The fraction of sp³-hybridized carbons (Fsp3) is 1.00. The van der Waals surface area contributed by atoms with Gasteiger partial charge in [-0.05, 0) is 34.1 Å². The molecular weight excluding hydrogens is 242 g/mol. The Morgan fingerprint density at radius 3 is 1.84 bits per heavy atom. The van der Waals surface area contributed by atoms with E-state index in [0.29, 0.717) is 13.1 Å². The molecule has 0 rings (SSSR count). The van der Waals surface area contributed by atoms with Crippen LogP contribution < -0.4 is 0 Å². The van der Waals surface area contributed by atoms with Crippen LogP contribution in [0.4, 0.5) is 0 Å². The van der Waals surface area contributed by atoms with Gasteiger partial charge in [-0.15, -0.1) is 0 Å². The first-order chi connectivity index (χ1) is 8.85. The molecule has 0 bridgehead atoms. The monoisotopic (exact) mass is 275 g/mol. The molecule has 4 nitrogen and oxygen atoms in total. The van der Waals surface area contributed by atoms with Crippen molar-refractivity contribution in [2.45, 2.75) is 78.3 Å². The molecule has 0 fully saturated rings. The van der Waals surface area contributed by atoms with Crippen LogP contribution in [0.1, 0.15) is 53.9 Å². The Labute approximate surface area is 118 Å². The maximum Gasteiger partial charge on any atom is 0.0677 e. The molecule has 0 aliphatic rings. The summed E-state index contributed by atoms with van der Waals surface area (Å²) in [6, 6.07) is 0. The number of aliphatic hydroxyl groups excluding tert-OH is 2. The number of hydrogen-bond donors (Lipinski definition) is 2. The zero-order valence-corrected chi connectivity index (χ0v) is 13.3. The number of unbranched alkanes of at least 4 members (excludes halogenated alkanes) is 1. The molecule has 4 unspecified atom stereocenters. The number of ether oxygens (including phenoxy) is 1. The van der Waals surface area contributed by atoms with E-state index in [2.05, 4.69) is 25.7 Å². The molecule has 116 valence electrons. The maximum atomic E-state index is 9.48. The van der Waals surface area contributed by atoms with Crippen molar-refractivity contribution < 1.29 is 14.9 Å². The van der Waals surface area contributed by atoms with E-state index in [1.54, 1.807) is 13.8 Å². The summed E-state index contributed by atoms with van der Waals surface area (Å²) in [5.41, 5.74) is 0. The van der Waals surface area contributed by atoms with Gasteiger partial charge in [0.1, 0.15) is 0 Å². The molecular formula is C15H33NO3. The highest BCUT2D eigenvalue weighted by atomic mass is 16.5. The molecule has 0 amide bonds. The fourth-order valence-corrected chi connectivity index (χ4v) is 2.33. The predicted molar refractivity (Wildman–Crippen MR) is 79.3 cm³/mol. The van der Waals surface area contributed by atoms with Crippen LogP contribution in [0.25, 0.3) is 0 Å². The van der Waals surface area contributed by atoms with Gasteiger partial charge in [0.15, 0.2) is 0 Å². The third-order valence-corrected chi connectivity index (χ3v) is 2.99. The van der Waals surface area contributed by atoms with Gasteiger partial charge in [-0.3, -0.25) is 4.90 Å². The van der Waals surface area contributed by atoms with Crippen LogP contribution >= 0.6 is 0 Å². The first-order valence-corrected chi connectivity index (χ1v) is 7.59. The predicted octanol–water partition coefficient (Wildman–Crippen LogP) is 2.03. The Morgan fingerprint density at radius 2 is 1.42 bits per heavy atom. The molecule has 0 aromatic heterocycles. The van der Waals surface area contributed by atoms with Crippen LogP contribution in [0.5, 0.6) is 0 Å². The Balaban J connectivity index is 4.10. The molecule has 0 aliphatic carbocycles. The van der Waals surface area contributed by atoms with E-state index >= 15 is 0 Å². The van der Waals surface area contributed by atoms with Gasteiger partial charge in [-0.2, -0.15) is 0 Å². The number of aliphatic hydroxyl groups is 2. The van der Waals surface area contributed by atoms with Crippen LogP contribution in [0.3, 0.4) is 0 Å². The normalized spacial score (nSPS) is 18.3. The Kier molecular flexibility index (Phi) is 10.5. The van der Waals surface area contributed by atoms with Gasteiger partial charge in [0.05, 0.1) is 24.4 Å². The van der Waals surface area contributed by atoms with Crippen molar-refractivity contribution in [1.82, 2.24) is 4.90 Å². The first kappa shape index (κ1) is 18.8. The third-order valence-electron chi connectivity index (χ3n) is 2.99. The summed E-state index contributed by atoms with van der Waals surface area (Å²) >= 11 is 0. The number of rotatable bonds is 11. The molecule has 0 saturated carbocycles. The molecule has 0 heterocycles. The first-order valence-electron chi connectivity index (χ1n) is 7.59. The van der Waals surface area contributed by atoms with Crippen molar-refractivity contribution in [3.63, 3.8) is 0 Å². The SMILES string of the molecule is CCCCC(C)OC(C)CN(CC(C)O)CC(C)O. The summed E-state index contributed by atoms with van der Waals surface area (Å²) in [6.07, 6.45) is 3.09. The summed E-state index contributed by atoms with van der Waals surface area (Å²) in [5.74, 6) is 0. The second-order valence-electron chi connectivity index (χ2n) is 5.82. The van der Waals surface area contributed by atoms with Gasteiger partial charge in [-0.25, -0.2) is 0 Å². The van der Waals surface area contributed by atoms with Gasteiger partial charge in [-0.1, -0.05) is 19.8 Å². The second kappa shape index (κ2) is 10.6. The lowest BCUT2D eigenvalue weighted by Crippen LogP contribution is -2.41. The zero-order valence-electron chi connectivity index (χ0n) is 13.3. The minimum atomic E-state index is -0.386. The average molecular weight is 275 g/mol. The van der Waals surface area contributed by atoms with Gasteiger partial charge < -0.3 is 14.9 Å². The molecule has 0 saturated heterocycles. The largest absolute Gasteiger partial charge is 0.392 e. The summed E-state index contributed by atoms with van der Waals surface area (Å²) < 4.78 is 5.94. The van der Waals surface area contributed by atoms with Crippen molar-refractivity contribution in [3.05, 3.63) is 0 Å². The van der Waals surface area contributed by atoms with Crippen molar-refractivity contribution in [2.24, 2.45) is 0 Å². The molecule has 2 N–H and O–H groups in total. The lowest BCUT2D eigenvalue weighted by molar-refractivity contribution is -0.0255. The Bertz CT molecular complexity index is 200. The highest BCUT2D eigenvalue weighted by Gasteiger charge is 2.16. The van der Waals surface area contributed by atoms with Crippen LogP contribution in [0.2, 0.25) is 0 Å². The minimum Gasteiger partial charge on any atom is -0.392 e. The molecule has 0 spiro atoms. The Hall–Kier alpha value is -0.160. The topological polar surface area (TPSA) is 52.9 Å². The summed E-state index contributed by atoms with van der Waals surface area (Å²) in [4.78, 5) is 2.06. The van der Waals surface area contributed by atoms with E-state index in [9.17, 15) is 10.2 Å². The van der Waals surface area contributed by atoms with Gasteiger partial charge >= 0.3 is 0 Å². The third kappa shape index (κ3) is 11.4. The standard InChI is InChI=1S/C15H33NO3/c1-6-7-8-14(4)19-15(5)11-16(9-12(2)17)10-13(3)18/h12-15,17-18H,6-11H2,1-5H3. The van der Waals surface area contributed by atoms with E-state index in [1.807, 2.05) is 0 Å². The van der Waals surface area contributed by atoms with Gasteiger partial charge in [0.25, 0.3) is 0 Å². The van der Waals surface area contributed by atoms with E-state index in [0.717, 1.165) is 13.0 Å². The van der Waals surface area contributed by atoms with Crippen molar-refractivity contribution >= 4 is 0 Å². The quantitative estimate of drug-likeness (QED) is 0.606. The van der Waals surface area contributed by atoms with Crippen LogP contribution in [-0.4, -0.2) is 59.2 Å². The second-order valence-corrected chi connectivity index (χ2v) is 5.82. The molecule has 0 aliphatic heterocycles. The van der Waals surface area contributed by atoms with Crippen LogP contribution in [-0.2, 0) is 4.74 Å². The smallest absolute Gasteiger partial charge is 0.0677 e. The van der Waals surface area contributed by atoms with E-state index in [4.69, 9.17) is 4.74 Å². The lowest BCUT2D eigenvalue weighted by atomic mass is 10.2. The molecule has 19 heavy (non-hydrogen) atoms. The molecule has 0 aromatic rings. The van der Waals surface area contributed by atoms with Gasteiger partial charge in [0, 0.05) is 19.6 Å². The van der Waals surface area contributed by atoms with Crippen LogP contribution in [0.15, 0.2) is 0 Å². The molecule has 0 aromatic carbocycles. The zero-order chi connectivity index (χ0) is 14.8. The maximum absolute atomic E-state index is 9.48. The van der Waals surface area contributed by atoms with Crippen LogP contribution in [0, 0.1) is 0 Å². The summed E-state index contributed by atoms with van der Waals surface area (Å²) in [6.45, 7) is 11.8. The van der Waals surface area contributed by atoms with E-state index in [1.165, 1.54) is 12.8 Å². The number of nitrogens with zero attached hydrogens (tertiary/aromatic N) is 1. The van der Waals surface area contributed by atoms with E-state index < -0.39 is 0 Å². The minimum absolute atomic E-state index is 0.115. The van der Waals surface area contributed by atoms with Crippen molar-refractivity contribution in [3.8, 4) is 0 Å². The summed E-state index contributed by atoms with van der Waals surface area (Å²) in [5, 5.41) is 19.0. The lowest BCUT2D eigenvalue weighted by Gasteiger charge is -2.29. The molecule has 0 radical (unpaired) electrons. The van der Waals surface area contributed by atoms with E-state index in [-0.39, 0.29) is 24.4 Å². The van der Waals surface area contributed by atoms with Gasteiger partial charge in [0.2, 0.25) is 0 Å².